The summed E-state index contributed by atoms with van der Waals surface area (Å²) in [7, 11) is 0. The number of carbonyl (C=O) groups is 1. The molecule has 7 heteroatoms. The molecule has 3 rings (SSSR count). The molecule has 212 valence electrons. The smallest absolute Gasteiger partial charge is 0.157 e. The van der Waals surface area contributed by atoms with Gasteiger partial charge in [-0.05, 0) is 121 Å². The molecule has 1 atom stereocenters. The van der Waals surface area contributed by atoms with Gasteiger partial charge in [-0.25, -0.2) is 0 Å². The topological polar surface area (TPSA) is 87.5 Å². The van der Waals surface area contributed by atoms with Crippen LogP contribution in [-0.2, 0) is 4.79 Å². The van der Waals surface area contributed by atoms with Crippen LogP contribution < -0.4 is 0 Å². The predicted molar refractivity (Wildman–Crippen MR) is 146 cm³/mol. The maximum atomic E-state index is 11.3. The van der Waals surface area contributed by atoms with Crippen molar-refractivity contribution < 1.29 is 20.4 Å². The normalized spacial score (nSPS) is 30.5. The van der Waals surface area contributed by atoms with Gasteiger partial charge < -0.3 is 15.6 Å². The highest BCUT2D eigenvalue weighted by molar-refractivity contribution is 5.96. The lowest BCUT2D eigenvalue weighted by Crippen LogP contribution is -2.58. The number of hydrogen-bond acceptors (Lipinski definition) is 7. The van der Waals surface area contributed by atoms with Crippen molar-refractivity contribution in [3.63, 3.8) is 0 Å². The van der Waals surface area contributed by atoms with Crippen LogP contribution in [0.15, 0.2) is 11.6 Å². The van der Waals surface area contributed by atoms with Crippen LogP contribution in [0, 0.1) is 11.8 Å². The van der Waals surface area contributed by atoms with Crippen LogP contribution in [0.25, 0.3) is 0 Å². The van der Waals surface area contributed by atoms with E-state index in [9.17, 15) is 20.4 Å². The molecule has 1 unspecified atom stereocenters. The summed E-state index contributed by atoms with van der Waals surface area (Å²) in [6.07, 6.45) is 5.05. The summed E-state index contributed by atoms with van der Waals surface area (Å²) in [5.41, 5.74) is -0.603. The molecule has 2 fully saturated rings. The van der Waals surface area contributed by atoms with Crippen molar-refractivity contribution in [2.75, 3.05) is 0 Å². The SMILES string of the molecule is CC(=O)C1=CC(C)(C)N(O)C1(C)C.CC1CC(C)(C)N(O)C(C)(C)C1.CC1CC(C)(C)N(O)C1(C)C. The van der Waals surface area contributed by atoms with Gasteiger partial charge in [-0.1, -0.05) is 19.9 Å². The Hall–Kier alpha value is -0.830. The molecule has 0 aliphatic carbocycles. The van der Waals surface area contributed by atoms with Gasteiger partial charge >= 0.3 is 0 Å². The van der Waals surface area contributed by atoms with Gasteiger partial charge in [0.25, 0.3) is 0 Å². The average Bonchev–Trinajstić information content (AvgIpc) is 2.93. The van der Waals surface area contributed by atoms with Crippen LogP contribution in [0.5, 0.6) is 0 Å². The molecule has 0 bridgehead atoms. The Morgan fingerprint density at radius 1 is 0.722 bits per heavy atom. The largest absolute Gasteiger partial charge is 0.313 e. The zero-order valence-corrected chi connectivity index (χ0v) is 25.9. The van der Waals surface area contributed by atoms with Crippen LogP contribution in [0.2, 0.25) is 0 Å². The van der Waals surface area contributed by atoms with Crippen molar-refractivity contribution in [3.8, 4) is 0 Å². The van der Waals surface area contributed by atoms with Crippen molar-refractivity contribution in [1.29, 1.82) is 0 Å². The molecular weight excluding hydrogens is 454 g/mol. The zero-order chi connectivity index (χ0) is 28.9. The van der Waals surface area contributed by atoms with E-state index < -0.39 is 11.1 Å². The van der Waals surface area contributed by atoms with Gasteiger partial charge in [0.1, 0.15) is 0 Å². The first kappa shape index (κ1) is 33.2. The third kappa shape index (κ3) is 6.78. The standard InChI is InChI=1S/C10H17NO2.C10H21NO.C9H19NO/c1-7(12)8-6-9(2,3)11(13)10(8,4)5;1-8-6-9(2,3)11(12)10(4,5)7-8;1-7-6-8(2,3)10(11)9(7,4)5/h6,13H,1-5H3;8,12H,6-7H2,1-5H3;7,11H,6H2,1-5H3. The molecule has 3 N–H and O–H groups in total. The van der Waals surface area contributed by atoms with E-state index >= 15 is 0 Å². The number of Topliss-reactive ketones (excluding diaryl/α,β-unsaturated/α-hetero) is 1. The van der Waals surface area contributed by atoms with Crippen molar-refractivity contribution in [1.82, 2.24) is 15.2 Å². The van der Waals surface area contributed by atoms with Crippen molar-refractivity contribution >= 4 is 5.78 Å². The first-order chi connectivity index (χ1) is 15.7. The summed E-state index contributed by atoms with van der Waals surface area (Å²) in [6, 6.07) is 0. The highest BCUT2D eigenvalue weighted by Gasteiger charge is 2.49. The summed E-state index contributed by atoms with van der Waals surface area (Å²) in [6.45, 7) is 30.2. The van der Waals surface area contributed by atoms with E-state index in [-0.39, 0.29) is 27.9 Å². The number of ketones is 1. The molecule has 0 amide bonds. The summed E-state index contributed by atoms with van der Waals surface area (Å²) in [4.78, 5) is 11.3. The van der Waals surface area contributed by atoms with E-state index in [1.54, 1.807) is 0 Å². The first-order valence-electron chi connectivity index (χ1n) is 13.5. The fraction of sp³-hybridized carbons (Fsp3) is 0.897. The molecule has 3 heterocycles. The molecule has 0 spiro atoms. The number of carbonyl (C=O) groups excluding carboxylic acids is 1. The van der Waals surface area contributed by atoms with Gasteiger partial charge in [-0.3, -0.25) is 4.79 Å². The Bertz CT molecular complexity index is 808. The number of hydroxylamine groups is 6. The molecule has 36 heavy (non-hydrogen) atoms. The lowest BCUT2D eigenvalue weighted by atomic mass is 9.76. The molecule has 0 aromatic rings. The molecular formula is C29H57N3O4. The van der Waals surface area contributed by atoms with Crippen LogP contribution in [-0.4, -0.2) is 69.8 Å². The fourth-order valence-electron chi connectivity index (χ4n) is 6.80. The summed E-state index contributed by atoms with van der Waals surface area (Å²) in [5.74, 6) is 1.29. The summed E-state index contributed by atoms with van der Waals surface area (Å²) in [5, 5.41) is 33.8. The van der Waals surface area contributed by atoms with E-state index in [1.165, 1.54) is 22.1 Å². The zero-order valence-electron chi connectivity index (χ0n) is 25.9. The Morgan fingerprint density at radius 3 is 1.31 bits per heavy atom. The lowest BCUT2D eigenvalue weighted by Gasteiger charge is -2.50. The van der Waals surface area contributed by atoms with Crippen molar-refractivity contribution in [3.05, 3.63) is 11.6 Å². The minimum atomic E-state index is -0.574. The number of rotatable bonds is 1. The highest BCUT2D eigenvalue weighted by Crippen LogP contribution is 2.43. The lowest BCUT2D eigenvalue weighted by molar-refractivity contribution is -0.249. The number of piperidine rings is 1. The molecule has 0 radical (unpaired) electrons. The quantitative estimate of drug-likeness (QED) is 0.361. The Labute approximate surface area is 221 Å². The van der Waals surface area contributed by atoms with Crippen molar-refractivity contribution in [2.45, 2.75) is 156 Å². The third-order valence-electron chi connectivity index (χ3n) is 8.59. The van der Waals surface area contributed by atoms with E-state index in [4.69, 9.17) is 0 Å². The third-order valence-corrected chi connectivity index (χ3v) is 8.59. The molecule has 0 aromatic heterocycles. The van der Waals surface area contributed by atoms with Gasteiger partial charge in [0.15, 0.2) is 5.78 Å². The van der Waals surface area contributed by atoms with E-state index in [1.807, 2.05) is 33.8 Å². The second kappa shape index (κ2) is 10.4. The van der Waals surface area contributed by atoms with Crippen LogP contribution in [0.3, 0.4) is 0 Å². The second-order valence-electron chi connectivity index (χ2n) is 15.0. The van der Waals surface area contributed by atoms with Crippen LogP contribution in [0.4, 0.5) is 0 Å². The maximum absolute atomic E-state index is 11.3. The van der Waals surface area contributed by atoms with Gasteiger partial charge in [-0.2, -0.15) is 15.2 Å². The molecule has 2 saturated heterocycles. The number of hydrogen-bond donors (Lipinski definition) is 3. The van der Waals surface area contributed by atoms with Gasteiger partial charge in [-0.15, -0.1) is 0 Å². The first-order valence-corrected chi connectivity index (χ1v) is 13.5. The van der Waals surface area contributed by atoms with Crippen LogP contribution >= 0.6 is 0 Å². The highest BCUT2D eigenvalue weighted by atomic mass is 16.5. The van der Waals surface area contributed by atoms with Crippen LogP contribution in [0.1, 0.15) is 123 Å². The van der Waals surface area contributed by atoms with Gasteiger partial charge in [0.2, 0.25) is 0 Å². The molecule has 3 aliphatic heterocycles. The maximum Gasteiger partial charge on any atom is 0.157 e. The number of nitrogens with zero attached hydrogens (tertiary/aromatic N) is 3. The Balaban J connectivity index is 0.000000271. The molecule has 0 saturated carbocycles. The van der Waals surface area contributed by atoms with E-state index in [0.29, 0.717) is 17.4 Å². The molecule has 0 aromatic carbocycles. The molecule has 3 aliphatic rings. The van der Waals surface area contributed by atoms with Gasteiger partial charge in [0, 0.05) is 27.7 Å². The van der Waals surface area contributed by atoms with E-state index in [0.717, 1.165) is 19.3 Å². The van der Waals surface area contributed by atoms with Gasteiger partial charge in [0.05, 0.1) is 11.1 Å². The molecule has 7 nitrogen and oxygen atoms in total. The minimum absolute atomic E-state index is 0.0228. The minimum Gasteiger partial charge on any atom is -0.313 e. The Kier molecular flexibility index (Phi) is 9.58. The van der Waals surface area contributed by atoms with Crippen molar-refractivity contribution in [2.24, 2.45) is 11.8 Å². The second-order valence-corrected chi connectivity index (χ2v) is 15.0. The fourth-order valence-corrected chi connectivity index (χ4v) is 6.80. The summed E-state index contributed by atoms with van der Waals surface area (Å²) < 4.78 is 0. The summed E-state index contributed by atoms with van der Waals surface area (Å²) >= 11 is 0. The van der Waals surface area contributed by atoms with E-state index in [2.05, 4.69) is 69.2 Å². The monoisotopic (exact) mass is 511 g/mol. The predicted octanol–water partition coefficient (Wildman–Crippen LogP) is 6.70. The Morgan fingerprint density at radius 2 is 1.11 bits per heavy atom. The average molecular weight is 512 g/mol.